The topological polar surface area (TPSA) is 70.7 Å². The van der Waals surface area contributed by atoms with Crippen molar-refractivity contribution in [2.45, 2.75) is 26.0 Å². The SMILES string of the molecule is CNC(=O)C[C@H](C)N(C)C(=O)Nc1cccc(OCc2ccccc2)c1. The van der Waals surface area contributed by atoms with Crippen LogP contribution in [-0.4, -0.2) is 37.0 Å². The number of nitrogens with zero attached hydrogens (tertiary/aromatic N) is 1. The Morgan fingerprint density at radius 2 is 1.85 bits per heavy atom. The van der Waals surface area contributed by atoms with Crippen LogP contribution in [0.3, 0.4) is 0 Å². The number of carbonyl (C=O) groups excluding carboxylic acids is 2. The second-order valence-corrected chi connectivity index (χ2v) is 6.07. The molecule has 0 spiro atoms. The van der Waals surface area contributed by atoms with Gasteiger partial charge in [0.15, 0.2) is 0 Å². The molecule has 0 saturated carbocycles. The van der Waals surface area contributed by atoms with Crippen LogP contribution < -0.4 is 15.4 Å². The normalized spacial score (nSPS) is 11.3. The number of benzene rings is 2. The molecule has 2 rings (SSSR count). The lowest BCUT2D eigenvalue weighted by Gasteiger charge is -2.24. The number of rotatable bonds is 7. The molecule has 0 saturated heterocycles. The third kappa shape index (κ3) is 5.81. The van der Waals surface area contributed by atoms with E-state index in [-0.39, 0.29) is 24.4 Å². The fourth-order valence-corrected chi connectivity index (χ4v) is 2.32. The van der Waals surface area contributed by atoms with E-state index in [1.165, 1.54) is 4.90 Å². The summed E-state index contributed by atoms with van der Waals surface area (Å²) in [6.45, 7) is 2.29. The summed E-state index contributed by atoms with van der Waals surface area (Å²) in [5, 5.41) is 5.39. The zero-order valence-electron chi connectivity index (χ0n) is 15.4. The zero-order valence-corrected chi connectivity index (χ0v) is 15.4. The van der Waals surface area contributed by atoms with E-state index >= 15 is 0 Å². The maximum absolute atomic E-state index is 12.4. The fraction of sp³-hybridized carbons (Fsp3) is 0.300. The van der Waals surface area contributed by atoms with E-state index in [0.29, 0.717) is 18.0 Å². The molecule has 0 aliphatic heterocycles. The van der Waals surface area contributed by atoms with Gasteiger partial charge < -0.3 is 20.3 Å². The van der Waals surface area contributed by atoms with E-state index in [1.807, 2.05) is 49.4 Å². The van der Waals surface area contributed by atoms with Crippen molar-refractivity contribution in [1.82, 2.24) is 10.2 Å². The first kappa shape index (κ1) is 19.3. The highest BCUT2D eigenvalue weighted by atomic mass is 16.5. The molecule has 2 aromatic rings. The first-order valence-corrected chi connectivity index (χ1v) is 8.50. The highest BCUT2D eigenvalue weighted by molar-refractivity contribution is 5.90. The highest BCUT2D eigenvalue weighted by Gasteiger charge is 2.18. The molecule has 0 fully saturated rings. The molecule has 3 amide bonds. The van der Waals surface area contributed by atoms with Gasteiger partial charge in [-0.1, -0.05) is 36.4 Å². The smallest absolute Gasteiger partial charge is 0.321 e. The van der Waals surface area contributed by atoms with Crippen molar-refractivity contribution in [3.05, 3.63) is 60.2 Å². The van der Waals surface area contributed by atoms with Gasteiger partial charge in [0.2, 0.25) is 5.91 Å². The summed E-state index contributed by atoms with van der Waals surface area (Å²) in [6, 6.07) is 16.6. The minimum atomic E-state index is -0.276. The average Bonchev–Trinajstić information content (AvgIpc) is 2.66. The number of hydrogen-bond donors (Lipinski definition) is 2. The summed E-state index contributed by atoms with van der Waals surface area (Å²) in [4.78, 5) is 25.3. The lowest BCUT2D eigenvalue weighted by atomic mass is 10.2. The Bertz CT molecular complexity index is 734. The second-order valence-electron chi connectivity index (χ2n) is 6.07. The zero-order chi connectivity index (χ0) is 18.9. The maximum Gasteiger partial charge on any atom is 0.321 e. The number of nitrogens with one attached hydrogen (secondary N) is 2. The van der Waals surface area contributed by atoms with Crippen LogP contribution in [0, 0.1) is 0 Å². The molecule has 0 aliphatic carbocycles. The van der Waals surface area contributed by atoms with E-state index in [4.69, 9.17) is 4.74 Å². The summed E-state index contributed by atoms with van der Waals surface area (Å²) >= 11 is 0. The van der Waals surface area contributed by atoms with Crippen LogP contribution >= 0.6 is 0 Å². The van der Waals surface area contributed by atoms with Crippen LogP contribution in [0.5, 0.6) is 5.75 Å². The van der Waals surface area contributed by atoms with E-state index in [9.17, 15) is 9.59 Å². The van der Waals surface area contributed by atoms with Gasteiger partial charge in [-0.3, -0.25) is 4.79 Å². The van der Waals surface area contributed by atoms with Crippen molar-refractivity contribution in [3.8, 4) is 5.75 Å². The predicted molar refractivity (Wildman–Crippen MR) is 102 cm³/mol. The molecule has 26 heavy (non-hydrogen) atoms. The molecule has 0 heterocycles. The third-order valence-corrected chi connectivity index (χ3v) is 4.07. The van der Waals surface area contributed by atoms with Crippen molar-refractivity contribution in [3.63, 3.8) is 0 Å². The molecular weight excluding hydrogens is 330 g/mol. The summed E-state index contributed by atoms with van der Waals surface area (Å²) in [6.07, 6.45) is 0.251. The largest absolute Gasteiger partial charge is 0.489 e. The maximum atomic E-state index is 12.4. The van der Waals surface area contributed by atoms with Crippen LogP contribution in [0.4, 0.5) is 10.5 Å². The van der Waals surface area contributed by atoms with E-state index in [0.717, 1.165) is 5.56 Å². The molecule has 0 radical (unpaired) electrons. The summed E-state index contributed by atoms with van der Waals surface area (Å²) in [7, 11) is 3.24. The van der Waals surface area contributed by atoms with E-state index < -0.39 is 0 Å². The molecule has 0 bridgehead atoms. The molecule has 138 valence electrons. The van der Waals surface area contributed by atoms with Crippen molar-refractivity contribution < 1.29 is 14.3 Å². The Morgan fingerprint density at radius 1 is 1.12 bits per heavy atom. The van der Waals surface area contributed by atoms with Gasteiger partial charge in [0.05, 0.1) is 0 Å². The molecule has 0 aromatic heterocycles. The predicted octanol–water partition coefficient (Wildman–Crippen LogP) is 3.25. The van der Waals surface area contributed by atoms with E-state index in [1.54, 1.807) is 26.2 Å². The fourth-order valence-electron chi connectivity index (χ4n) is 2.32. The summed E-state index contributed by atoms with van der Waals surface area (Å²) in [5.41, 5.74) is 1.71. The number of carbonyl (C=O) groups is 2. The van der Waals surface area contributed by atoms with Crippen LogP contribution in [0.15, 0.2) is 54.6 Å². The van der Waals surface area contributed by atoms with Gasteiger partial charge in [0, 0.05) is 38.3 Å². The lowest BCUT2D eigenvalue weighted by Crippen LogP contribution is -2.40. The van der Waals surface area contributed by atoms with Gasteiger partial charge in [-0.15, -0.1) is 0 Å². The van der Waals surface area contributed by atoms with Crippen LogP contribution in [0.25, 0.3) is 0 Å². The van der Waals surface area contributed by atoms with Gasteiger partial charge in [-0.05, 0) is 24.6 Å². The molecule has 2 aromatic carbocycles. The van der Waals surface area contributed by atoms with Crippen LogP contribution in [0.1, 0.15) is 18.9 Å². The van der Waals surface area contributed by atoms with Crippen molar-refractivity contribution in [2.75, 3.05) is 19.4 Å². The van der Waals surface area contributed by atoms with E-state index in [2.05, 4.69) is 10.6 Å². The second kappa shape index (κ2) is 9.46. The summed E-state index contributed by atoms with van der Waals surface area (Å²) < 4.78 is 5.77. The quantitative estimate of drug-likeness (QED) is 0.801. The number of hydrogen-bond acceptors (Lipinski definition) is 3. The Morgan fingerprint density at radius 3 is 2.54 bits per heavy atom. The minimum absolute atomic E-state index is 0.103. The standard InChI is InChI=1S/C20H25N3O3/c1-15(12-19(24)21-2)23(3)20(25)22-17-10-7-11-18(13-17)26-14-16-8-5-4-6-9-16/h4-11,13,15H,12,14H2,1-3H3,(H,21,24)(H,22,25)/t15-/m0/s1. The van der Waals surface area contributed by atoms with Gasteiger partial charge in [-0.2, -0.15) is 0 Å². The Kier molecular flexibility index (Phi) is 7.02. The molecule has 1 atom stereocenters. The van der Waals surface area contributed by atoms with Gasteiger partial charge in [-0.25, -0.2) is 4.79 Å². The lowest BCUT2D eigenvalue weighted by molar-refractivity contribution is -0.121. The van der Waals surface area contributed by atoms with Gasteiger partial charge in [0.25, 0.3) is 0 Å². The Balaban J connectivity index is 1.92. The monoisotopic (exact) mass is 355 g/mol. The van der Waals surface area contributed by atoms with Crippen molar-refractivity contribution in [1.29, 1.82) is 0 Å². The molecule has 6 heteroatoms. The molecular formula is C20H25N3O3. The molecule has 6 nitrogen and oxygen atoms in total. The molecule has 0 unspecified atom stereocenters. The van der Waals surface area contributed by atoms with Crippen LogP contribution in [-0.2, 0) is 11.4 Å². The average molecular weight is 355 g/mol. The Hall–Kier alpha value is -3.02. The highest BCUT2D eigenvalue weighted by Crippen LogP contribution is 2.19. The van der Waals surface area contributed by atoms with Crippen LogP contribution in [0.2, 0.25) is 0 Å². The summed E-state index contributed by atoms with van der Waals surface area (Å²) in [5.74, 6) is 0.571. The number of ether oxygens (including phenoxy) is 1. The Labute approximate surface area is 154 Å². The number of urea groups is 1. The van der Waals surface area contributed by atoms with Crippen molar-refractivity contribution in [2.24, 2.45) is 0 Å². The third-order valence-electron chi connectivity index (χ3n) is 4.07. The number of amides is 3. The molecule has 0 aliphatic rings. The van der Waals surface area contributed by atoms with Gasteiger partial charge >= 0.3 is 6.03 Å². The number of anilines is 1. The minimum Gasteiger partial charge on any atom is -0.489 e. The first-order chi connectivity index (χ1) is 12.5. The first-order valence-electron chi connectivity index (χ1n) is 8.50. The molecule has 2 N–H and O–H groups in total. The van der Waals surface area contributed by atoms with Crippen molar-refractivity contribution >= 4 is 17.6 Å². The van der Waals surface area contributed by atoms with Gasteiger partial charge in [0.1, 0.15) is 12.4 Å².